The van der Waals surface area contributed by atoms with E-state index in [1.165, 1.54) is 0 Å². The van der Waals surface area contributed by atoms with Gasteiger partial charge in [-0.25, -0.2) is 13.2 Å². The van der Waals surface area contributed by atoms with Gasteiger partial charge in [-0.05, 0) is 37.6 Å². The van der Waals surface area contributed by atoms with Crippen molar-refractivity contribution in [2.24, 2.45) is 0 Å². The first-order valence-electron chi connectivity index (χ1n) is 5.87. The molecular formula is C14H16F3N. The summed E-state index contributed by atoms with van der Waals surface area (Å²) in [4.78, 5) is 0. The van der Waals surface area contributed by atoms with Crippen LogP contribution in [0.3, 0.4) is 0 Å². The van der Waals surface area contributed by atoms with Gasteiger partial charge in [-0.2, -0.15) is 0 Å². The predicted octanol–water partition coefficient (Wildman–Crippen LogP) is 3.56. The molecule has 1 aromatic carbocycles. The van der Waals surface area contributed by atoms with Crippen LogP contribution in [0, 0.1) is 29.3 Å². The van der Waals surface area contributed by atoms with E-state index in [2.05, 4.69) is 17.2 Å². The first kappa shape index (κ1) is 14.6. The van der Waals surface area contributed by atoms with E-state index in [4.69, 9.17) is 0 Å². The molecule has 0 radical (unpaired) electrons. The molecule has 0 aliphatic carbocycles. The van der Waals surface area contributed by atoms with Gasteiger partial charge in [0.15, 0.2) is 17.5 Å². The maximum absolute atomic E-state index is 13.2. The fourth-order valence-corrected chi connectivity index (χ4v) is 1.75. The average Bonchev–Trinajstić information content (AvgIpc) is 2.34. The lowest BCUT2D eigenvalue weighted by Gasteiger charge is -2.17. The van der Waals surface area contributed by atoms with Crippen molar-refractivity contribution in [3.8, 4) is 11.8 Å². The van der Waals surface area contributed by atoms with Gasteiger partial charge in [0.05, 0.1) is 0 Å². The first-order valence-corrected chi connectivity index (χ1v) is 5.87. The smallest absolute Gasteiger partial charge is 0.194 e. The van der Waals surface area contributed by atoms with Crippen LogP contribution in [0.5, 0.6) is 0 Å². The zero-order valence-electron chi connectivity index (χ0n) is 10.5. The summed E-state index contributed by atoms with van der Waals surface area (Å²) in [5.41, 5.74) is 0.408. The molecule has 0 amide bonds. The SMILES string of the molecule is CC#CCCC(NCC)c1cc(F)c(F)c(F)c1. The molecule has 0 aliphatic rings. The molecule has 0 fully saturated rings. The highest BCUT2D eigenvalue weighted by molar-refractivity contribution is 5.23. The van der Waals surface area contributed by atoms with E-state index in [1.807, 2.05) is 6.92 Å². The molecule has 1 rings (SSSR count). The predicted molar refractivity (Wildman–Crippen MR) is 65.4 cm³/mol. The minimum absolute atomic E-state index is 0.222. The van der Waals surface area contributed by atoms with E-state index in [0.29, 0.717) is 24.9 Å². The summed E-state index contributed by atoms with van der Waals surface area (Å²) in [6.07, 6.45) is 1.24. The van der Waals surface area contributed by atoms with Crippen molar-refractivity contribution in [1.29, 1.82) is 0 Å². The van der Waals surface area contributed by atoms with Gasteiger partial charge in [0.25, 0.3) is 0 Å². The van der Waals surface area contributed by atoms with Crippen molar-refractivity contribution in [3.63, 3.8) is 0 Å². The molecule has 1 nitrogen and oxygen atoms in total. The number of rotatable bonds is 5. The highest BCUT2D eigenvalue weighted by Crippen LogP contribution is 2.22. The molecule has 0 saturated heterocycles. The molecule has 18 heavy (non-hydrogen) atoms. The van der Waals surface area contributed by atoms with E-state index in [-0.39, 0.29) is 6.04 Å². The van der Waals surface area contributed by atoms with Gasteiger partial charge >= 0.3 is 0 Å². The molecule has 1 unspecified atom stereocenters. The second-order valence-electron chi connectivity index (χ2n) is 3.87. The molecule has 0 saturated carbocycles. The lowest BCUT2D eigenvalue weighted by molar-refractivity contribution is 0.437. The van der Waals surface area contributed by atoms with E-state index >= 15 is 0 Å². The van der Waals surface area contributed by atoms with Crippen molar-refractivity contribution < 1.29 is 13.2 Å². The Morgan fingerprint density at radius 3 is 2.33 bits per heavy atom. The Balaban J connectivity index is 2.93. The van der Waals surface area contributed by atoms with Gasteiger partial charge in [0.1, 0.15) is 0 Å². The molecule has 0 aromatic heterocycles. The zero-order chi connectivity index (χ0) is 13.5. The topological polar surface area (TPSA) is 12.0 Å². The highest BCUT2D eigenvalue weighted by Gasteiger charge is 2.16. The highest BCUT2D eigenvalue weighted by atomic mass is 19.2. The zero-order valence-corrected chi connectivity index (χ0v) is 10.5. The van der Waals surface area contributed by atoms with Crippen LogP contribution in [0.4, 0.5) is 13.2 Å². The van der Waals surface area contributed by atoms with Crippen LogP contribution in [-0.2, 0) is 0 Å². The maximum atomic E-state index is 13.2. The molecule has 0 spiro atoms. The van der Waals surface area contributed by atoms with Gasteiger partial charge in [-0.3, -0.25) is 0 Å². The summed E-state index contributed by atoms with van der Waals surface area (Å²) in [6.45, 7) is 4.29. The standard InChI is InChI=1S/C14H16F3N/c1-3-5-6-7-13(18-4-2)10-8-11(15)14(17)12(16)9-10/h8-9,13,18H,4,6-7H2,1-2H3. The lowest BCUT2D eigenvalue weighted by atomic mass is 10.0. The summed E-state index contributed by atoms with van der Waals surface area (Å²) in [5.74, 6) is 1.91. The van der Waals surface area contributed by atoms with Gasteiger partial charge < -0.3 is 5.32 Å². The number of halogens is 3. The summed E-state index contributed by atoms with van der Waals surface area (Å²) in [7, 11) is 0. The van der Waals surface area contributed by atoms with Gasteiger partial charge in [-0.1, -0.05) is 6.92 Å². The Morgan fingerprint density at radius 1 is 1.22 bits per heavy atom. The molecular weight excluding hydrogens is 239 g/mol. The third kappa shape index (κ3) is 3.78. The van der Waals surface area contributed by atoms with Crippen LogP contribution in [0.25, 0.3) is 0 Å². The molecule has 1 atom stereocenters. The van der Waals surface area contributed by atoms with Gasteiger partial charge in [0, 0.05) is 12.5 Å². The third-order valence-electron chi connectivity index (χ3n) is 2.59. The van der Waals surface area contributed by atoms with Crippen molar-refractivity contribution in [2.45, 2.75) is 32.7 Å². The summed E-state index contributed by atoms with van der Waals surface area (Å²) >= 11 is 0. The quantitative estimate of drug-likeness (QED) is 0.626. The lowest BCUT2D eigenvalue weighted by Crippen LogP contribution is -2.21. The minimum atomic E-state index is -1.43. The first-order chi connectivity index (χ1) is 8.60. The Morgan fingerprint density at radius 2 is 1.83 bits per heavy atom. The molecule has 1 N–H and O–H groups in total. The second-order valence-corrected chi connectivity index (χ2v) is 3.87. The molecule has 0 bridgehead atoms. The van der Waals surface area contributed by atoms with Crippen LogP contribution < -0.4 is 5.32 Å². The maximum Gasteiger partial charge on any atom is 0.194 e. The number of hydrogen-bond acceptors (Lipinski definition) is 1. The van der Waals surface area contributed by atoms with Crippen molar-refractivity contribution in [2.75, 3.05) is 6.54 Å². The number of hydrogen-bond donors (Lipinski definition) is 1. The molecule has 0 heterocycles. The largest absolute Gasteiger partial charge is 0.310 e. The Kier molecular flexibility index (Phi) is 5.73. The van der Waals surface area contributed by atoms with E-state index in [9.17, 15) is 13.2 Å². The second kappa shape index (κ2) is 7.07. The van der Waals surface area contributed by atoms with Crippen LogP contribution in [0.2, 0.25) is 0 Å². The van der Waals surface area contributed by atoms with E-state index < -0.39 is 17.5 Å². The molecule has 1 aromatic rings. The summed E-state index contributed by atoms with van der Waals surface area (Å²) < 4.78 is 39.2. The van der Waals surface area contributed by atoms with Crippen molar-refractivity contribution in [1.82, 2.24) is 5.32 Å². The fourth-order valence-electron chi connectivity index (χ4n) is 1.75. The number of benzene rings is 1. The molecule has 4 heteroatoms. The minimum Gasteiger partial charge on any atom is -0.310 e. The van der Waals surface area contributed by atoms with Crippen molar-refractivity contribution >= 4 is 0 Å². The summed E-state index contributed by atoms with van der Waals surface area (Å²) in [5, 5.41) is 3.11. The van der Waals surface area contributed by atoms with Crippen LogP contribution in [-0.4, -0.2) is 6.54 Å². The van der Waals surface area contributed by atoms with Crippen LogP contribution >= 0.6 is 0 Å². The fraction of sp³-hybridized carbons (Fsp3) is 0.429. The normalized spacial score (nSPS) is 11.8. The van der Waals surface area contributed by atoms with E-state index in [0.717, 1.165) is 12.1 Å². The monoisotopic (exact) mass is 255 g/mol. The Labute approximate surface area is 105 Å². The summed E-state index contributed by atoms with van der Waals surface area (Å²) in [6, 6.07) is 1.84. The number of nitrogens with one attached hydrogen (secondary N) is 1. The Bertz CT molecular complexity index is 437. The van der Waals surface area contributed by atoms with Crippen molar-refractivity contribution in [3.05, 3.63) is 35.1 Å². The van der Waals surface area contributed by atoms with Gasteiger partial charge in [0.2, 0.25) is 0 Å². The van der Waals surface area contributed by atoms with Gasteiger partial charge in [-0.15, -0.1) is 11.8 Å². The average molecular weight is 255 g/mol. The van der Waals surface area contributed by atoms with Crippen LogP contribution in [0.1, 0.15) is 38.3 Å². The van der Waals surface area contributed by atoms with Crippen LogP contribution in [0.15, 0.2) is 12.1 Å². The Hall–Kier alpha value is -1.47. The molecule has 0 aliphatic heterocycles. The third-order valence-corrected chi connectivity index (χ3v) is 2.59. The molecule has 98 valence electrons. The van der Waals surface area contributed by atoms with E-state index in [1.54, 1.807) is 6.92 Å².